The fourth-order valence-corrected chi connectivity index (χ4v) is 2.20. The third-order valence-electron chi connectivity index (χ3n) is 3.35. The minimum absolute atomic E-state index is 0.199. The summed E-state index contributed by atoms with van der Waals surface area (Å²) in [5.74, 6) is -0.764. The monoisotopic (exact) mass is 255 g/mol. The van der Waals surface area contributed by atoms with Gasteiger partial charge in [-0.1, -0.05) is 25.1 Å². The first kappa shape index (κ1) is 13.2. The fraction of sp³-hybridized carbons (Fsp3) is 0.333. The average molecular weight is 255 g/mol. The molecular weight excluding hydrogens is 238 g/mol. The summed E-state index contributed by atoms with van der Waals surface area (Å²) in [7, 11) is 0. The van der Waals surface area contributed by atoms with Crippen LogP contribution in [-0.4, -0.2) is 10.9 Å². The van der Waals surface area contributed by atoms with E-state index in [2.05, 4.69) is 10.3 Å². The molecule has 98 valence electrons. The molecule has 0 saturated carbocycles. The molecule has 2 N–H and O–H groups in total. The van der Waals surface area contributed by atoms with Crippen molar-refractivity contribution in [3.63, 3.8) is 0 Å². The van der Waals surface area contributed by atoms with E-state index >= 15 is 0 Å². The zero-order valence-electron chi connectivity index (χ0n) is 11.2. The fourth-order valence-electron chi connectivity index (χ4n) is 2.20. The second-order valence-electron chi connectivity index (χ2n) is 4.58. The Morgan fingerprint density at radius 2 is 2.21 bits per heavy atom. The van der Waals surface area contributed by atoms with Crippen LogP contribution in [-0.2, 0) is 11.3 Å². The molecule has 0 aliphatic heterocycles. The number of para-hydroxylation sites is 1. The number of nitrogens with zero attached hydrogens (tertiary/aromatic N) is 1. The lowest BCUT2D eigenvalue weighted by molar-refractivity contribution is -0.123. The molecule has 0 aliphatic carbocycles. The van der Waals surface area contributed by atoms with Gasteiger partial charge in [0.05, 0.1) is 6.07 Å². The Balaban J connectivity index is 2.16. The van der Waals surface area contributed by atoms with E-state index in [0.717, 1.165) is 22.2 Å². The van der Waals surface area contributed by atoms with E-state index in [1.54, 1.807) is 0 Å². The second-order valence-corrected chi connectivity index (χ2v) is 4.58. The number of hydrogen-bond donors (Lipinski definition) is 2. The first-order chi connectivity index (χ1) is 9.17. The SMILES string of the molecule is CCC(C#N)C(=O)NCc1c(C)[nH]c2ccccc12. The minimum Gasteiger partial charge on any atom is -0.358 e. The number of nitrogens with one attached hydrogen (secondary N) is 2. The summed E-state index contributed by atoms with van der Waals surface area (Å²) in [4.78, 5) is 15.1. The molecule has 2 aromatic rings. The largest absolute Gasteiger partial charge is 0.358 e. The molecule has 0 radical (unpaired) electrons. The molecule has 1 aromatic heterocycles. The van der Waals surface area contributed by atoms with Crippen LogP contribution in [0.4, 0.5) is 0 Å². The van der Waals surface area contributed by atoms with Crippen LogP contribution >= 0.6 is 0 Å². The Labute approximate surface area is 112 Å². The van der Waals surface area contributed by atoms with Gasteiger partial charge in [0.25, 0.3) is 0 Å². The Morgan fingerprint density at radius 1 is 1.47 bits per heavy atom. The zero-order chi connectivity index (χ0) is 13.8. The lowest BCUT2D eigenvalue weighted by Gasteiger charge is -2.08. The maximum absolute atomic E-state index is 11.8. The predicted octanol–water partition coefficient (Wildman–Crippen LogP) is 2.64. The Morgan fingerprint density at radius 3 is 2.89 bits per heavy atom. The topological polar surface area (TPSA) is 68.7 Å². The molecule has 0 bridgehead atoms. The maximum atomic E-state index is 11.8. The van der Waals surface area contributed by atoms with Crippen molar-refractivity contribution in [2.24, 2.45) is 5.92 Å². The highest BCUT2D eigenvalue weighted by atomic mass is 16.1. The van der Waals surface area contributed by atoms with Gasteiger partial charge in [0.2, 0.25) is 5.91 Å². The smallest absolute Gasteiger partial charge is 0.237 e. The van der Waals surface area contributed by atoms with Gasteiger partial charge in [-0.05, 0) is 25.0 Å². The lowest BCUT2D eigenvalue weighted by atomic mass is 10.1. The van der Waals surface area contributed by atoms with Crippen LogP contribution in [0, 0.1) is 24.2 Å². The van der Waals surface area contributed by atoms with E-state index < -0.39 is 5.92 Å². The number of fused-ring (bicyclic) bond motifs is 1. The summed E-state index contributed by atoms with van der Waals surface area (Å²) in [6, 6.07) is 10.0. The summed E-state index contributed by atoms with van der Waals surface area (Å²) < 4.78 is 0. The number of amides is 1. The predicted molar refractivity (Wildman–Crippen MR) is 74.3 cm³/mol. The van der Waals surface area contributed by atoms with Gasteiger partial charge in [0.1, 0.15) is 5.92 Å². The van der Waals surface area contributed by atoms with Gasteiger partial charge >= 0.3 is 0 Å². The van der Waals surface area contributed by atoms with Crippen LogP contribution in [0.15, 0.2) is 24.3 Å². The number of carbonyl (C=O) groups excluding carboxylic acids is 1. The quantitative estimate of drug-likeness (QED) is 0.881. The van der Waals surface area contributed by atoms with Crippen LogP contribution in [0.3, 0.4) is 0 Å². The van der Waals surface area contributed by atoms with Gasteiger partial charge < -0.3 is 10.3 Å². The summed E-state index contributed by atoms with van der Waals surface area (Å²) >= 11 is 0. The minimum atomic E-state index is -0.564. The molecule has 19 heavy (non-hydrogen) atoms. The summed E-state index contributed by atoms with van der Waals surface area (Å²) in [5.41, 5.74) is 3.19. The summed E-state index contributed by atoms with van der Waals surface area (Å²) in [6.45, 7) is 4.28. The van der Waals surface area contributed by atoms with E-state index in [0.29, 0.717) is 13.0 Å². The van der Waals surface area contributed by atoms with Crippen molar-refractivity contribution >= 4 is 16.8 Å². The van der Waals surface area contributed by atoms with Crippen LogP contribution < -0.4 is 5.32 Å². The standard InChI is InChI=1S/C15H17N3O/c1-3-11(8-16)15(19)17-9-13-10(2)18-14-7-5-4-6-12(13)14/h4-7,11,18H,3,9H2,1-2H3,(H,17,19). The Bertz CT molecular complexity index is 636. The summed E-state index contributed by atoms with van der Waals surface area (Å²) in [5, 5.41) is 12.8. The van der Waals surface area contributed by atoms with E-state index in [1.165, 1.54) is 0 Å². The molecule has 0 saturated heterocycles. The first-order valence-electron chi connectivity index (χ1n) is 6.40. The Hall–Kier alpha value is -2.28. The Kier molecular flexibility index (Phi) is 3.86. The molecule has 1 heterocycles. The van der Waals surface area contributed by atoms with Crippen molar-refractivity contribution in [2.75, 3.05) is 0 Å². The molecule has 4 heteroatoms. The first-order valence-corrected chi connectivity index (χ1v) is 6.40. The molecule has 1 aromatic carbocycles. The highest BCUT2D eigenvalue weighted by molar-refractivity contribution is 5.86. The number of aryl methyl sites for hydroxylation is 1. The van der Waals surface area contributed by atoms with Crippen molar-refractivity contribution in [1.29, 1.82) is 5.26 Å². The lowest BCUT2D eigenvalue weighted by Crippen LogP contribution is -2.29. The van der Waals surface area contributed by atoms with Crippen molar-refractivity contribution < 1.29 is 4.79 Å². The van der Waals surface area contributed by atoms with Gasteiger partial charge in [-0.2, -0.15) is 5.26 Å². The van der Waals surface area contributed by atoms with Crippen LogP contribution in [0.2, 0.25) is 0 Å². The molecule has 0 fully saturated rings. The van der Waals surface area contributed by atoms with Gasteiger partial charge in [0.15, 0.2) is 0 Å². The second kappa shape index (κ2) is 5.57. The number of rotatable bonds is 4. The maximum Gasteiger partial charge on any atom is 0.237 e. The van der Waals surface area contributed by atoms with E-state index in [4.69, 9.17) is 5.26 Å². The number of carbonyl (C=O) groups is 1. The normalized spacial score (nSPS) is 12.1. The van der Waals surface area contributed by atoms with Crippen molar-refractivity contribution in [3.05, 3.63) is 35.5 Å². The number of benzene rings is 1. The molecule has 0 aliphatic rings. The molecule has 1 atom stereocenters. The van der Waals surface area contributed by atoms with Gasteiger partial charge in [-0.25, -0.2) is 0 Å². The van der Waals surface area contributed by atoms with Crippen LogP contribution in [0.25, 0.3) is 10.9 Å². The highest BCUT2D eigenvalue weighted by Crippen LogP contribution is 2.21. The molecular formula is C15H17N3O. The van der Waals surface area contributed by atoms with Gasteiger partial charge in [0, 0.05) is 23.1 Å². The van der Waals surface area contributed by atoms with Crippen molar-refractivity contribution in [1.82, 2.24) is 10.3 Å². The van der Waals surface area contributed by atoms with E-state index in [-0.39, 0.29) is 5.91 Å². The number of nitriles is 1. The van der Waals surface area contributed by atoms with E-state index in [9.17, 15) is 4.79 Å². The molecule has 1 amide bonds. The van der Waals surface area contributed by atoms with Crippen molar-refractivity contribution in [2.45, 2.75) is 26.8 Å². The molecule has 2 rings (SSSR count). The molecule has 1 unspecified atom stereocenters. The summed E-state index contributed by atoms with van der Waals surface area (Å²) in [6.07, 6.45) is 0.537. The third-order valence-corrected chi connectivity index (χ3v) is 3.35. The van der Waals surface area contributed by atoms with Gasteiger partial charge in [-0.3, -0.25) is 4.79 Å². The molecule has 4 nitrogen and oxygen atoms in total. The van der Waals surface area contributed by atoms with Crippen LogP contribution in [0.1, 0.15) is 24.6 Å². The van der Waals surface area contributed by atoms with E-state index in [1.807, 2.05) is 44.2 Å². The number of H-pyrrole nitrogens is 1. The molecule has 0 spiro atoms. The third kappa shape index (κ3) is 2.60. The highest BCUT2D eigenvalue weighted by Gasteiger charge is 2.16. The number of hydrogen-bond acceptors (Lipinski definition) is 2. The van der Waals surface area contributed by atoms with Crippen molar-refractivity contribution in [3.8, 4) is 6.07 Å². The number of aromatic nitrogens is 1. The zero-order valence-corrected chi connectivity index (χ0v) is 11.2. The van der Waals surface area contributed by atoms with Gasteiger partial charge in [-0.15, -0.1) is 0 Å². The van der Waals surface area contributed by atoms with Crippen LogP contribution in [0.5, 0.6) is 0 Å². The average Bonchev–Trinajstić information content (AvgIpc) is 2.73. The number of aromatic amines is 1.